The lowest BCUT2D eigenvalue weighted by molar-refractivity contribution is 1.13. The first kappa shape index (κ1) is 16.5. The highest BCUT2D eigenvalue weighted by Crippen LogP contribution is 2.32. The Morgan fingerprint density at radius 3 is 2.50 bits per heavy atom. The summed E-state index contributed by atoms with van der Waals surface area (Å²) in [5.74, 6) is 0.917. The largest absolute Gasteiger partial charge is 0.378 e. The number of halogens is 1. The van der Waals surface area contributed by atoms with Gasteiger partial charge < -0.3 is 10.2 Å². The van der Waals surface area contributed by atoms with Crippen LogP contribution >= 0.6 is 11.6 Å². The molecule has 26 heavy (non-hydrogen) atoms. The first-order valence-electron chi connectivity index (χ1n) is 8.39. The van der Waals surface area contributed by atoms with Crippen LogP contribution in [0.2, 0.25) is 5.02 Å². The number of imidazole rings is 1. The zero-order valence-corrected chi connectivity index (χ0v) is 15.4. The minimum atomic E-state index is 0.695. The van der Waals surface area contributed by atoms with Crippen molar-refractivity contribution in [3.63, 3.8) is 0 Å². The molecule has 0 bridgehead atoms. The van der Waals surface area contributed by atoms with Crippen LogP contribution in [0.5, 0.6) is 0 Å². The van der Waals surface area contributed by atoms with E-state index >= 15 is 0 Å². The fraction of sp³-hybridized carbons (Fsp3) is 0.0952. The molecule has 0 fully saturated rings. The Hall–Kier alpha value is -2.98. The molecule has 130 valence electrons. The normalized spacial score (nSPS) is 10.9. The summed E-state index contributed by atoms with van der Waals surface area (Å²) in [6.07, 6.45) is 2.01. The summed E-state index contributed by atoms with van der Waals surface area (Å²) in [6, 6.07) is 22.1. The lowest BCUT2D eigenvalue weighted by Crippen LogP contribution is -2.07. The second-order valence-electron chi connectivity index (χ2n) is 6.31. The Morgan fingerprint density at radius 1 is 0.962 bits per heavy atom. The molecule has 0 spiro atoms. The number of pyridine rings is 1. The fourth-order valence-electron chi connectivity index (χ4n) is 2.94. The maximum Gasteiger partial charge on any atom is 0.143 e. The van der Waals surface area contributed by atoms with Gasteiger partial charge in [0.1, 0.15) is 17.2 Å². The summed E-state index contributed by atoms with van der Waals surface area (Å²) in [5, 5.41) is 4.17. The van der Waals surface area contributed by atoms with Gasteiger partial charge in [0.2, 0.25) is 0 Å². The molecule has 0 unspecified atom stereocenters. The summed E-state index contributed by atoms with van der Waals surface area (Å²) in [7, 11) is 4.07. The number of nitrogens with one attached hydrogen (secondary N) is 1. The van der Waals surface area contributed by atoms with Gasteiger partial charge in [0, 0.05) is 42.3 Å². The van der Waals surface area contributed by atoms with E-state index in [2.05, 4.69) is 38.9 Å². The Morgan fingerprint density at radius 2 is 1.77 bits per heavy atom. The highest BCUT2D eigenvalue weighted by molar-refractivity contribution is 6.30. The van der Waals surface area contributed by atoms with Gasteiger partial charge in [-0.15, -0.1) is 0 Å². The van der Waals surface area contributed by atoms with E-state index < -0.39 is 0 Å². The lowest BCUT2D eigenvalue weighted by atomic mass is 10.1. The van der Waals surface area contributed by atoms with Gasteiger partial charge in [0.15, 0.2) is 0 Å². The minimum Gasteiger partial charge on any atom is -0.378 e. The molecule has 4 nitrogen and oxygen atoms in total. The first-order chi connectivity index (χ1) is 12.6. The van der Waals surface area contributed by atoms with Crippen LogP contribution in [-0.2, 0) is 0 Å². The van der Waals surface area contributed by atoms with Crippen molar-refractivity contribution in [2.24, 2.45) is 0 Å². The molecule has 0 saturated heterocycles. The van der Waals surface area contributed by atoms with Gasteiger partial charge in [-0.25, -0.2) is 4.98 Å². The van der Waals surface area contributed by atoms with Crippen molar-refractivity contribution in [3.05, 3.63) is 77.9 Å². The van der Waals surface area contributed by atoms with Gasteiger partial charge >= 0.3 is 0 Å². The van der Waals surface area contributed by atoms with Crippen molar-refractivity contribution < 1.29 is 0 Å². The third-order valence-electron chi connectivity index (χ3n) is 4.27. The van der Waals surface area contributed by atoms with Crippen LogP contribution in [0.1, 0.15) is 0 Å². The summed E-state index contributed by atoms with van der Waals surface area (Å²) in [6.45, 7) is 0. The van der Waals surface area contributed by atoms with Crippen LogP contribution in [0.4, 0.5) is 17.2 Å². The minimum absolute atomic E-state index is 0.695. The van der Waals surface area contributed by atoms with Crippen molar-refractivity contribution in [1.82, 2.24) is 9.38 Å². The van der Waals surface area contributed by atoms with E-state index in [0.29, 0.717) is 5.02 Å². The average molecular weight is 363 g/mol. The van der Waals surface area contributed by atoms with E-state index in [1.165, 1.54) is 0 Å². The molecule has 0 saturated carbocycles. The van der Waals surface area contributed by atoms with E-state index in [9.17, 15) is 0 Å². The Balaban J connectivity index is 1.83. The number of benzene rings is 2. The molecule has 0 atom stereocenters. The molecule has 0 radical (unpaired) electrons. The molecular weight excluding hydrogens is 344 g/mol. The topological polar surface area (TPSA) is 32.6 Å². The van der Waals surface area contributed by atoms with Gasteiger partial charge in [-0.1, -0.05) is 35.9 Å². The van der Waals surface area contributed by atoms with Crippen LogP contribution < -0.4 is 10.2 Å². The van der Waals surface area contributed by atoms with Crippen LogP contribution in [0.25, 0.3) is 16.9 Å². The molecule has 1 N–H and O–H groups in total. The highest BCUT2D eigenvalue weighted by atomic mass is 35.5. The van der Waals surface area contributed by atoms with Crippen molar-refractivity contribution in [1.29, 1.82) is 0 Å². The van der Waals surface area contributed by atoms with E-state index in [4.69, 9.17) is 16.6 Å². The van der Waals surface area contributed by atoms with Crippen LogP contribution in [-0.4, -0.2) is 23.5 Å². The zero-order valence-electron chi connectivity index (χ0n) is 14.6. The number of fused-ring (bicyclic) bond motifs is 1. The van der Waals surface area contributed by atoms with E-state index in [1.807, 2.05) is 62.8 Å². The smallest absolute Gasteiger partial charge is 0.143 e. The third-order valence-corrected chi connectivity index (χ3v) is 4.51. The summed E-state index contributed by atoms with van der Waals surface area (Å²) in [5.41, 5.74) is 4.94. The number of rotatable bonds is 4. The van der Waals surface area contributed by atoms with E-state index in [-0.39, 0.29) is 0 Å². The SMILES string of the molecule is CN(C)c1ccc(-c2nc3ccccn3c2Nc2cccc(Cl)c2)cc1. The van der Waals surface area contributed by atoms with Gasteiger partial charge in [-0.3, -0.25) is 4.40 Å². The molecule has 4 aromatic rings. The van der Waals surface area contributed by atoms with Crippen molar-refractivity contribution in [3.8, 4) is 11.3 Å². The van der Waals surface area contributed by atoms with Crippen LogP contribution in [0.3, 0.4) is 0 Å². The predicted molar refractivity (Wildman–Crippen MR) is 110 cm³/mol. The van der Waals surface area contributed by atoms with Gasteiger partial charge in [0.05, 0.1) is 0 Å². The first-order valence-corrected chi connectivity index (χ1v) is 8.77. The molecule has 0 amide bonds. The van der Waals surface area contributed by atoms with Crippen LogP contribution in [0.15, 0.2) is 72.9 Å². The van der Waals surface area contributed by atoms with Crippen molar-refractivity contribution >= 4 is 34.4 Å². The lowest BCUT2D eigenvalue weighted by Gasteiger charge is -2.13. The standard InChI is InChI=1S/C21H19ClN4/c1-25(2)18-11-9-15(10-12-18)20-21(23-17-7-5-6-16(22)14-17)26-13-4-3-8-19(26)24-20/h3-14,23H,1-2H3. The highest BCUT2D eigenvalue weighted by Gasteiger charge is 2.14. The molecule has 2 aromatic heterocycles. The maximum atomic E-state index is 6.14. The fourth-order valence-corrected chi connectivity index (χ4v) is 3.13. The molecule has 0 aliphatic carbocycles. The Labute approximate surface area is 157 Å². The molecule has 0 aliphatic heterocycles. The second kappa shape index (κ2) is 6.73. The molecule has 2 aromatic carbocycles. The molecule has 0 aliphatic rings. The van der Waals surface area contributed by atoms with Gasteiger partial charge in [-0.2, -0.15) is 0 Å². The Kier molecular flexibility index (Phi) is 4.27. The quantitative estimate of drug-likeness (QED) is 0.523. The third kappa shape index (κ3) is 3.11. The van der Waals surface area contributed by atoms with E-state index in [0.717, 1.165) is 34.1 Å². The molecule has 4 rings (SSSR count). The number of aromatic nitrogens is 2. The monoisotopic (exact) mass is 362 g/mol. The van der Waals surface area contributed by atoms with Gasteiger partial charge in [-0.05, 0) is 42.5 Å². The number of anilines is 3. The van der Waals surface area contributed by atoms with E-state index in [1.54, 1.807) is 0 Å². The number of hydrogen-bond acceptors (Lipinski definition) is 3. The average Bonchev–Trinajstić information content (AvgIpc) is 3.00. The molecule has 5 heteroatoms. The van der Waals surface area contributed by atoms with Crippen molar-refractivity contribution in [2.75, 3.05) is 24.3 Å². The summed E-state index contributed by atoms with van der Waals surface area (Å²) in [4.78, 5) is 6.91. The van der Waals surface area contributed by atoms with Gasteiger partial charge in [0.25, 0.3) is 0 Å². The number of hydrogen-bond donors (Lipinski definition) is 1. The van der Waals surface area contributed by atoms with Crippen LogP contribution in [0, 0.1) is 0 Å². The second-order valence-corrected chi connectivity index (χ2v) is 6.75. The summed E-state index contributed by atoms with van der Waals surface area (Å²) >= 11 is 6.14. The Bertz CT molecular complexity index is 1050. The molecule has 2 heterocycles. The zero-order chi connectivity index (χ0) is 18.1. The molecular formula is C21H19ClN4. The summed E-state index contributed by atoms with van der Waals surface area (Å²) < 4.78 is 2.05. The predicted octanol–water partition coefficient (Wildman–Crippen LogP) is 5.46. The maximum absolute atomic E-state index is 6.14. The number of nitrogens with zero attached hydrogens (tertiary/aromatic N) is 3. The van der Waals surface area contributed by atoms with Crippen molar-refractivity contribution in [2.45, 2.75) is 0 Å².